The summed E-state index contributed by atoms with van der Waals surface area (Å²) in [7, 11) is 4.07. The fraction of sp³-hybridized carbons (Fsp3) is 0.308. The standard InChI is InChI=1S/C26H28N6O2/c1-17-6-11-23-19(13-17)14-22(25(33)27-23)24-16-32(29-28-24)20-9-7-18(8-10-20)26(34)31-12-4-5-21(31)15-30(2)3/h6-11,13-14,16,21H,4-5,12,15H2,1-3H3,(H,27,33)/t21-/m0/s1. The molecule has 0 radical (unpaired) electrons. The third-order valence-electron chi connectivity index (χ3n) is 6.36. The van der Waals surface area contributed by atoms with E-state index in [9.17, 15) is 9.59 Å². The normalized spacial score (nSPS) is 16.0. The van der Waals surface area contributed by atoms with E-state index in [1.165, 1.54) is 0 Å². The Kier molecular flexibility index (Phi) is 5.75. The molecule has 0 aliphatic carbocycles. The first-order chi connectivity index (χ1) is 16.4. The minimum atomic E-state index is -0.206. The monoisotopic (exact) mass is 456 g/mol. The molecule has 4 aromatic rings. The van der Waals surface area contributed by atoms with Gasteiger partial charge in [-0.1, -0.05) is 16.8 Å². The van der Waals surface area contributed by atoms with Crippen LogP contribution >= 0.6 is 0 Å². The Morgan fingerprint density at radius 1 is 1.15 bits per heavy atom. The van der Waals surface area contributed by atoms with Crippen molar-refractivity contribution in [3.05, 3.63) is 76.2 Å². The Bertz CT molecular complexity index is 1400. The van der Waals surface area contributed by atoms with Crippen molar-refractivity contribution in [3.8, 4) is 16.9 Å². The first-order valence-electron chi connectivity index (χ1n) is 11.5. The molecule has 0 bridgehead atoms. The zero-order valence-corrected chi connectivity index (χ0v) is 19.7. The number of likely N-dealkylation sites (tertiary alicyclic amines) is 1. The lowest BCUT2D eigenvalue weighted by Gasteiger charge is -2.27. The largest absolute Gasteiger partial charge is 0.334 e. The number of nitrogens with zero attached hydrogens (tertiary/aromatic N) is 5. The molecule has 1 saturated heterocycles. The molecule has 8 nitrogen and oxygen atoms in total. The number of carbonyl (C=O) groups is 1. The van der Waals surface area contributed by atoms with Crippen molar-refractivity contribution in [1.82, 2.24) is 29.8 Å². The van der Waals surface area contributed by atoms with Crippen LogP contribution in [0.3, 0.4) is 0 Å². The number of hydrogen-bond donors (Lipinski definition) is 1. The van der Waals surface area contributed by atoms with Crippen LogP contribution in [0.1, 0.15) is 28.8 Å². The number of likely N-dealkylation sites (N-methyl/N-ethyl adjacent to an activating group) is 1. The molecule has 1 atom stereocenters. The minimum absolute atomic E-state index is 0.0631. The molecule has 174 valence electrons. The second-order valence-electron chi connectivity index (χ2n) is 9.25. The van der Waals surface area contributed by atoms with Gasteiger partial charge in [0.25, 0.3) is 11.5 Å². The molecule has 3 heterocycles. The lowest BCUT2D eigenvalue weighted by atomic mass is 10.1. The lowest BCUT2D eigenvalue weighted by molar-refractivity contribution is 0.0716. The zero-order valence-electron chi connectivity index (χ0n) is 19.7. The van der Waals surface area contributed by atoms with E-state index in [4.69, 9.17) is 0 Å². The topological polar surface area (TPSA) is 87.1 Å². The van der Waals surface area contributed by atoms with Gasteiger partial charge in [-0.3, -0.25) is 9.59 Å². The van der Waals surface area contributed by atoms with Gasteiger partial charge in [0.15, 0.2) is 0 Å². The fourth-order valence-electron chi connectivity index (χ4n) is 4.67. The average Bonchev–Trinajstić information content (AvgIpc) is 3.48. The number of benzene rings is 2. The highest BCUT2D eigenvalue weighted by Gasteiger charge is 2.29. The first-order valence-corrected chi connectivity index (χ1v) is 11.5. The molecule has 2 aromatic carbocycles. The molecule has 34 heavy (non-hydrogen) atoms. The van der Waals surface area contributed by atoms with Crippen molar-refractivity contribution in [1.29, 1.82) is 0 Å². The Balaban J connectivity index is 1.38. The van der Waals surface area contributed by atoms with Gasteiger partial charge in [0.05, 0.1) is 17.4 Å². The molecule has 5 rings (SSSR count). The van der Waals surface area contributed by atoms with Gasteiger partial charge in [-0.15, -0.1) is 5.10 Å². The maximum atomic E-state index is 13.1. The summed E-state index contributed by atoms with van der Waals surface area (Å²) in [5.74, 6) is 0.0631. The minimum Gasteiger partial charge on any atom is -0.334 e. The van der Waals surface area contributed by atoms with Gasteiger partial charge < -0.3 is 14.8 Å². The quantitative estimate of drug-likeness (QED) is 0.498. The highest BCUT2D eigenvalue weighted by atomic mass is 16.2. The molecule has 8 heteroatoms. The summed E-state index contributed by atoms with van der Waals surface area (Å²) in [5, 5.41) is 9.38. The number of carbonyl (C=O) groups excluding carboxylic acids is 1. The molecule has 1 aliphatic heterocycles. The van der Waals surface area contributed by atoms with E-state index in [1.54, 1.807) is 10.9 Å². The Labute approximate surface area is 197 Å². The third kappa shape index (κ3) is 4.24. The van der Waals surface area contributed by atoms with Gasteiger partial charge in [0.1, 0.15) is 5.69 Å². The highest BCUT2D eigenvalue weighted by molar-refractivity contribution is 5.94. The second kappa shape index (κ2) is 8.87. The number of hydrogen-bond acceptors (Lipinski definition) is 5. The Morgan fingerprint density at radius 2 is 1.94 bits per heavy atom. The molecule has 1 amide bonds. The van der Waals surface area contributed by atoms with Crippen LogP contribution in [-0.2, 0) is 0 Å². The number of H-pyrrole nitrogens is 1. The van der Waals surface area contributed by atoms with Crippen LogP contribution in [0.5, 0.6) is 0 Å². The second-order valence-corrected chi connectivity index (χ2v) is 9.25. The van der Waals surface area contributed by atoms with Crippen LogP contribution in [0, 0.1) is 6.92 Å². The van der Waals surface area contributed by atoms with Crippen LogP contribution in [0.15, 0.2) is 59.5 Å². The number of amides is 1. The van der Waals surface area contributed by atoms with Gasteiger partial charge in [0.2, 0.25) is 0 Å². The van der Waals surface area contributed by atoms with Crippen LogP contribution in [0.2, 0.25) is 0 Å². The predicted molar refractivity (Wildman–Crippen MR) is 132 cm³/mol. The van der Waals surface area contributed by atoms with Crippen molar-refractivity contribution in [3.63, 3.8) is 0 Å². The zero-order chi connectivity index (χ0) is 23.8. The molecular formula is C26H28N6O2. The summed E-state index contributed by atoms with van der Waals surface area (Å²) in [6.07, 6.45) is 3.81. The van der Waals surface area contributed by atoms with Gasteiger partial charge in [0, 0.05) is 30.2 Å². The number of fused-ring (bicyclic) bond motifs is 1. The highest BCUT2D eigenvalue weighted by Crippen LogP contribution is 2.22. The van der Waals surface area contributed by atoms with Gasteiger partial charge >= 0.3 is 0 Å². The fourth-order valence-corrected chi connectivity index (χ4v) is 4.67. The van der Waals surface area contributed by atoms with Crippen LogP contribution in [0.4, 0.5) is 0 Å². The number of pyridine rings is 1. The van der Waals surface area contributed by atoms with E-state index >= 15 is 0 Å². The molecule has 0 spiro atoms. The molecular weight excluding hydrogens is 428 g/mol. The van der Waals surface area contributed by atoms with Crippen molar-refractivity contribution in [2.45, 2.75) is 25.8 Å². The van der Waals surface area contributed by atoms with Crippen LogP contribution in [0.25, 0.3) is 27.8 Å². The molecule has 1 fully saturated rings. The summed E-state index contributed by atoms with van der Waals surface area (Å²) in [6.45, 7) is 3.69. The number of aromatic amines is 1. The lowest BCUT2D eigenvalue weighted by Crippen LogP contribution is -2.41. The first kappa shape index (κ1) is 22.0. The number of aromatic nitrogens is 4. The van der Waals surface area contributed by atoms with Crippen molar-refractivity contribution >= 4 is 16.8 Å². The van der Waals surface area contributed by atoms with Crippen LogP contribution in [-0.4, -0.2) is 68.9 Å². The van der Waals surface area contributed by atoms with E-state index in [0.717, 1.165) is 48.1 Å². The number of nitrogens with one attached hydrogen (secondary N) is 1. The molecule has 0 saturated carbocycles. The smallest absolute Gasteiger partial charge is 0.258 e. The van der Waals surface area contributed by atoms with E-state index in [1.807, 2.05) is 74.4 Å². The van der Waals surface area contributed by atoms with Gasteiger partial charge in [-0.05, 0) is 81.7 Å². The molecule has 2 aromatic heterocycles. The van der Waals surface area contributed by atoms with Crippen LogP contribution < -0.4 is 5.56 Å². The van der Waals surface area contributed by atoms with E-state index in [2.05, 4.69) is 20.2 Å². The Hall–Kier alpha value is -3.78. The van der Waals surface area contributed by atoms with E-state index < -0.39 is 0 Å². The maximum absolute atomic E-state index is 13.1. The summed E-state index contributed by atoms with van der Waals surface area (Å²) in [5.41, 5.74) is 4.10. The van der Waals surface area contributed by atoms with E-state index in [0.29, 0.717) is 16.8 Å². The Morgan fingerprint density at radius 3 is 2.71 bits per heavy atom. The van der Waals surface area contributed by atoms with Crippen molar-refractivity contribution in [2.75, 3.05) is 27.2 Å². The average molecular weight is 457 g/mol. The maximum Gasteiger partial charge on any atom is 0.258 e. The van der Waals surface area contributed by atoms with E-state index in [-0.39, 0.29) is 17.5 Å². The predicted octanol–water partition coefficient (Wildman–Crippen LogP) is 3.25. The molecule has 1 aliphatic rings. The van der Waals surface area contributed by atoms with Crippen molar-refractivity contribution < 1.29 is 4.79 Å². The summed E-state index contributed by atoms with van der Waals surface area (Å²) < 4.78 is 1.62. The van der Waals surface area contributed by atoms with Gasteiger partial charge in [-0.25, -0.2) is 4.68 Å². The third-order valence-corrected chi connectivity index (χ3v) is 6.36. The summed E-state index contributed by atoms with van der Waals surface area (Å²) in [4.78, 5) is 32.7. The van der Waals surface area contributed by atoms with Gasteiger partial charge in [-0.2, -0.15) is 0 Å². The summed E-state index contributed by atoms with van der Waals surface area (Å²) in [6, 6.07) is 15.4. The number of aryl methyl sites for hydroxylation is 1. The molecule has 0 unspecified atom stereocenters. The number of rotatable bonds is 5. The summed E-state index contributed by atoms with van der Waals surface area (Å²) >= 11 is 0. The molecule has 1 N–H and O–H groups in total. The SMILES string of the molecule is Cc1ccc2[nH]c(=O)c(-c3cn(-c4ccc(C(=O)N5CCC[C@H]5CN(C)C)cc4)nn3)cc2c1. The van der Waals surface area contributed by atoms with Crippen molar-refractivity contribution in [2.24, 2.45) is 0 Å².